The molecule has 0 saturated carbocycles. The molecular formula is C15H17N5O3. The third-order valence-corrected chi connectivity index (χ3v) is 3.51. The molecule has 0 atom stereocenters. The molecule has 0 spiro atoms. The first-order chi connectivity index (χ1) is 11.0. The Hall–Kier alpha value is -2.90. The van der Waals surface area contributed by atoms with Crippen LogP contribution < -0.4 is 0 Å². The Morgan fingerprint density at radius 3 is 2.57 bits per heavy atom. The highest BCUT2D eigenvalue weighted by molar-refractivity contribution is 5.92. The van der Waals surface area contributed by atoms with Crippen molar-refractivity contribution in [1.29, 1.82) is 0 Å². The number of rotatable bonds is 4. The van der Waals surface area contributed by atoms with E-state index >= 15 is 0 Å². The second kappa shape index (κ2) is 5.71. The van der Waals surface area contributed by atoms with Gasteiger partial charge in [-0.05, 0) is 26.0 Å². The van der Waals surface area contributed by atoms with Crippen molar-refractivity contribution in [3.05, 3.63) is 47.0 Å². The van der Waals surface area contributed by atoms with Crippen LogP contribution in [0.3, 0.4) is 0 Å². The molecule has 0 aromatic carbocycles. The number of nitrogens with zero attached hydrogens (tertiary/aromatic N) is 5. The number of aromatic nitrogens is 5. The lowest BCUT2D eigenvalue weighted by Crippen LogP contribution is -2.13. The maximum absolute atomic E-state index is 12.4. The molecule has 0 aliphatic heterocycles. The highest BCUT2D eigenvalue weighted by atomic mass is 16.5. The van der Waals surface area contributed by atoms with Crippen molar-refractivity contribution in [2.75, 3.05) is 0 Å². The van der Waals surface area contributed by atoms with E-state index in [2.05, 4.69) is 15.2 Å². The van der Waals surface area contributed by atoms with Crippen LogP contribution in [-0.2, 0) is 18.4 Å². The lowest BCUT2D eigenvalue weighted by atomic mass is 10.3. The molecule has 0 aliphatic carbocycles. The molecule has 0 fully saturated rings. The predicted octanol–water partition coefficient (Wildman–Crippen LogP) is 1.88. The van der Waals surface area contributed by atoms with E-state index in [1.165, 1.54) is 6.20 Å². The smallest absolute Gasteiger partial charge is 0.344 e. The number of hydrogen-bond acceptors (Lipinski definition) is 6. The van der Waals surface area contributed by atoms with Gasteiger partial charge in [0.25, 0.3) is 0 Å². The lowest BCUT2D eigenvalue weighted by molar-refractivity contribution is 0.0459. The van der Waals surface area contributed by atoms with Gasteiger partial charge >= 0.3 is 5.97 Å². The van der Waals surface area contributed by atoms with Crippen LogP contribution in [0.4, 0.5) is 0 Å². The fourth-order valence-electron chi connectivity index (χ4n) is 2.45. The molecule has 0 saturated heterocycles. The van der Waals surface area contributed by atoms with Gasteiger partial charge in [0.2, 0.25) is 11.7 Å². The van der Waals surface area contributed by atoms with E-state index in [-0.39, 0.29) is 6.61 Å². The maximum Gasteiger partial charge on any atom is 0.344 e. The van der Waals surface area contributed by atoms with Gasteiger partial charge in [-0.15, -0.1) is 0 Å². The fraction of sp³-hybridized carbons (Fsp3) is 0.333. The summed E-state index contributed by atoms with van der Waals surface area (Å²) in [6.07, 6.45) is 1.50. The molecule has 0 bridgehead atoms. The Morgan fingerprint density at radius 1 is 1.26 bits per heavy atom. The van der Waals surface area contributed by atoms with E-state index < -0.39 is 5.97 Å². The number of carbonyl (C=O) groups is 1. The number of hydrogen-bond donors (Lipinski definition) is 0. The Morgan fingerprint density at radius 2 is 1.96 bits per heavy atom. The first-order valence-corrected chi connectivity index (χ1v) is 7.11. The molecule has 0 radical (unpaired) electrons. The molecule has 8 nitrogen and oxygen atoms in total. The summed E-state index contributed by atoms with van der Waals surface area (Å²) in [7, 11) is 1.79. The van der Waals surface area contributed by atoms with Crippen LogP contribution in [0.1, 0.15) is 33.5 Å². The summed E-state index contributed by atoms with van der Waals surface area (Å²) >= 11 is 0. The summed E-state index contributed by atoms with van der Waals surface area (Å²) in [4.78, 5) is 16.4. The highest BCUT2D eigenvalue weighted by Gasteiger charge is 2.21. The molecule has 8 heteroatoms. The van der Waals surface area contributed by atoms with Gasteiger partial charge in [-0.2, -0.15) is 10.1 Å². The second-order valence-electron chi connectivity index (χ2n) is 5.26. The van der Waals surface area contributed by atoms with Crippen molar-refractivity contribution >= 4 is 5.97 Å². The third kappa shape index (κ3) is 2.75. The first kappa shape index (κ1) is 15.0. The van der Waals surface area contributed by atoms with Crippen molar-refractivity contribution in [2.24, 2.45) is 7.05 Å². The van der Waals surface area contributed by atoms with Gasteiger partial charge in [-0.3, -0.25) is 4.68 Å². The zero-order valence-electron chi connectivity index (χ0n) is 13.4. The molecule has 3 rings (SSSR count). The van der Waals surface area contributed by atoms with E-state index in [4.69, 9.17) is 9.26 Å². The van der Waals surface area contributed by atoms with Crippen LogP contribution in [0.2, 0.25) is 0 Å². The number of aryl methyl sites for hydroxylation is 4. The molecular weight excluding hydrogens is 298 g/mol. The zero-order valence-corrected chi connectivity index (χ0v) is 13.4. The van der Waals surface area contributed by atoms with E-state index in [1.807, 2.05) is 30.5 Å². The minimum Gasteiger partial charge on any atom is -0.454 e. The molecule has 0 amide bonds. The van der Waals surface area contributed by atoms with Crippen LogP contribution in [0.25, 0.3) is 5.82 Å². The van der Waals surface area contributed by atoms with Crippen LogP contribution in [0.5, 0.6) is 0 Å². The van der Waals surface area contributed by atoms with Crippen molar-refractivity contribution in [3.63, 3.8) is 0 Å². The van der Waals surface area contributed by atoms with Crippen LogP contribution in [-0.4, -0.2) is 30.5 Å². The number of carbonyl (C=O) groups excluding carboxylic acids is 1. The lowest BCUT2D eigenvalue weighted by Gasteiger charge is -2.11. The second-order valence-corrected chi connectivity index (χ2v) is 5.26. The van der Waals surface area contributed by atoms with Crippen molar-refractivity contribution in [3.8, 4) is 5.82 Å². The van der Waals surface area contributed by atoms with Gasteiger partial charge in [0.1, 0.15) is 11.4 Å². The molecule has 0 unspecified atom stereocenters. The standard InChI is InChI=1S/C15H17N5O3/c1-9-5-6-10(2)20(9)14-12(7-16-19(14)4)15(21)22-8-13-17-11(3)23-18-13/h5-7H,8H2,1-4H3. The SMILES string of the molecule is Cc1nc(COC(=O)c2cnn(C)c2-n2c(C)ccc2C)no1. The third-order valence-electron chi connectivity index (χ3n) is 3.51. The molecule has 0 N–H and O–H groups in total. The van der Waals surface area contributed by atoms with Gasteiger partial charge in [-0.25, -0.2) is 4.79 Å². The van der Waals surface area contributed by atoms with Crippen molar-refractivity contribution < 1.29 is 14.1 Å². The summed E-state index contributed by atoms with van der Waals surface area (Å²) in [6.45, 7) is 5.57. The molecule has 3 heterocycles. The molecule has 3 aromatic heterocycles. The van der Waals surface area contributed by atoms with Crippen molar-refractivity contribution in [1.82, 2.24) is 24.5 Å². The summed E-state index contributed by atoms with van der Waals surface area (Å²) in [6, 6.07) is 3.97. The Balaban J connectivity index is 1.87. The van der Waals surface area contributed by atoms with Crippen LogP contribution in [0, 0.1) is 20.8 Å². The van der Waals surface area contributed by atoms with Crippen LogP contribution in [0.15, 0.2) is 22.9 Å². The molecule has 23 heavy (non-hydrogen) atoms. The normalized spacial score (nSPS) is 11.0. The summed E-state index contributed by atoms with van der Waals surface area (Å²) in [5.74, 6) is 0.939. The quantitative estimate of drug-likeness (QED) is 0.683. The average Bonchev–Trinajstić information content (AvgIpc) is 3.18. The Labute approximate surface area is 132 Å². The van der Waals surface area contributed by atoms with Gasteiger partial charge in [0.05, 0.1) is 6.20 Å². The number of ether oxygens (including phenoxy) is 1. The van der Waals surface area contributed by atoms with Gasteiger partial charge in [0.15, 0.2) is 6.61 Å². The molecule has 3 aromatic rings. The summed E-state index contributed by atoms with van der Waals surface area (Å²) in [5, 5.41) is 7.88. The highest BCUT2D eigenvalue weighted by Crippen LogP contribution is 2.20. The summed E-state index contributed by atoms with van der Waals surface area (Å²) in [5.41, 5.74) is 2.40. The fourth-order valence-corrected chi connectivity index (χ4v) is 2.45. The Kier molecular flexibility index (Phi) is 3.73. The predicted molar refractivity (Wildman–Crippen MR) is 80.2 cm³/mol. The van der Waals surface area contributed by atoms with E-state index in [1.54, 1.807) is 18.7 Å². The maximum atomic E-state index is 12.4. The topological polar surface area (TPSA) is 88.0 Å². The zero-order chi connectivity index (χ0) is 16.6. The Bertz CT molecular complexity index is 839. The van der Waals surface area contributed by atoms with E-state index in [0.29, 0.717) is 23.1 Å². The number of esters is 1. The minimum absolute atomic E-state index is 0.0475. The van der Waals surface area contributed by atoms with Crippen molar-refractivity contribution in [2.45, 2.75) is 27.4 Å². The average molecular weight is 315 g/mol. The summed E-state index contributed by atoms with van der Waals surface area (Å²) < 4.78 is 13.7. The van der Waals surface area contributed by atoms with Gasteiger partial charge in [0, 0.05) is 25.4 Å². The molecule has 0 aliphatic rings. The van der Waals surface area contributed by atoms with Gasteiger partial charge < -0.3 is 13.8 Å². The monoisotopic (exact) mass is 315 g/mol. The van der Waals surface area contributed by atoms with E-state index in [9.17, 15) is 4.79 Å². The molecule has 120 valence electrons. The van der Waals surface area contributed by atoms with Crippen LogP contribution >= 0.6 is 0 Å². The van der Waals surface area contributed by atoms with E-state index in [0.717, 1.165) is 11.4 Å². The first-order valence-electron chi connectivity index (χ1n) is 7.11. The largest absolute Gasteiger partial charge is 0.454 e. The minimum atomic E-state index is -0.483. The van der Waals surface area contributed by atoms with Gasteiger partial charge in [-0.1, -0.05) is 5.16 Å².